The molecule has 0 rings (SSSR count). The second-order valence-electron chi connectivity index (χ2n) is 4.83. The van der Waals surface area contributed by atoms with Gasteiger partial charge in [0, 0.05) is 11.3 Å². The largest absolute Gasteiger partial charge is 0.390 e. The Labute approximate surface area is 99.2 Å². The molecule has 92 valence electrons. The molecule has 0 radical (unpaired) electrons. The highest BCUT2D eigenvalue weighted by Crippen LogP contribution is 2.29. The van der Waals surface area contributed by atoms with Gasteiger partial charge in [0.2, 0.25) is 0 Å². The van der Waals surface area contributed by atoms with Crippen molar-refractivity contribution >= 4 is 11.8 Å². The van der Waals surface area contributed by atoms with E-state index in [0.29, 0.717) is 4.75 Å². The molecule has 0 aliphatic carbocycles. The molecule has 0 atom stereocenters. The SMILES string of the molecule is CCC(CC)(CNCCC(C)(C)O)SC. The van der Waals surface area contributed by atoms with E-state index in [9.17, 15) is 5.11 Å². The maximum Gasteiger partial charge on any atom is 0.0603 e. The maximum absolute atomic E-state index is 9.57. The zero-order chi connectivity index (χ0) is 11.9. The Hall–Kier alpha value is 0.270. The van der Waals surface area contributed by atoms with E-state index in [1.165, 1.54) is 12.8 Å². The van der Waals surface area contributed by atoms with Gasteiger partial charge in [0.1, 0.15) is 0 Å². The molecule has 0 saturated carbocycles. The fourth-order valence-corrected chi connectivity index (χ4v) is 2.40. The molecular weight excluding hydrogens is 206 g/mol. The quantitative estimate of drug-likeness (QED) is 0.632. The van der Waals surface area contributed by atoms with Crippen LogP contribution in [0.2, 0.25) is 0 Å². The van der Waals surface area contributed by atoms with Crippen LogP contribution in [0.15, 0.2) is 0 Å². The van der Waals surface area contributed by atoms with Crippen molar-refractivity contribution in [3.63, 3.8) is 0 Å². The summed E-state index contributed by atoms with van der Waals surface area (Å²) in [6.45, 7) is 10.1. The van der Waals surface area contributed by atoms with E-state index < -0.39 is 5.60 Å². The number of thioether (sulfide) groups is 1. The van der Waals surface area contributed by atoms with Gasteiger partial charge in [-0.25, -0.2) is 0 Å². The molecule has 0 aromatic heterocycles. The lowest BCUT2D eigenvalue weighted by Gasteiger charge is -2.30. The van der Waals surface area contributed by atoms with E-state index in [0.717, 1.165) is 19.5 Å². The molecule has 0 aromatic carbocycles. The topological polar surface area (TPSA) is 32.3 Å². The lowest BCUT2D eigenvalue weighted by molar-refractivity contribution is 0.0710. The number of hydrogen-bond donors (Lipinski definition) is 2. The summed E-state index contributed by atoms with van der Waals surface area (Å²) in [6.07, 6.45) is 5.38. The zero-order valence-electron chi connectivity index (χ0n) is 10.9. The molecule has 0 unspecified atom stereocenters. The predicted octanol–water partition coefficient (Wildman–Crippen LogP) is 2.66. The molecule has 15 heavy (non-hydrogen) atoms. The normalized spacial score (nSPS) is 13.2. The summed E-state index contributed by atoms with van der Waals surface area (Å²) in [6, 6.07) is 0. The molecule has 0 aliphatic heterocycles. The van der Waals surface area contributed by atoms with Crippen LogP contribution in [0.5, 0.6) is 0 Å². The number of nitrogens with one attached hydrogen (secondary N) is 1. The van der Waals surface area contributed by atoms with E-state index in [4.69, 9.17) is 0 Å². The molecule has 0 aliphatic rings. The first-order chi connectivity index (χ1) is 6.89. The Bertz CT molecular complexity index is 153. The first-order valence-corrected chi connectivity index (χ1v) is 7.10. The molecule has 2 nitrogen and oxygen atoms in total. The molecule has 0 fully saturated rings. The minimum absolute atomic E-state index is 0.375. The summed E-state index contributed by atoms with van der Waals surface area (Å²) >= 11 is 1.95. The molecular formula is C12H27NOS. The molecule has 0 spiro atoms. The van der Waals surface area contributed by atoms with Crippen molar-refractivity contribution in [1.82, 2.24) is 5.32 Å². The Kier molecular flexibility index (Phi) is 6.89. The highest BCUT2D eigenvalue weighted by molar-refractivity contribution is 8.00. The van der Waals surface area contributed by atoms with Crippen molar-refractivity contribution in [2.45, 2.75) is 57.3 Å². The van der Waals surface area contributed by atoms with Gasteiger partial charge in [-0.3, -0.25) is 0 Å². The number of aliphatic hydroxyl groups is 1. The predicted molar refractivity (Wildman–Crippen MR) is 70.6 cm³/mol. The summed E-state index contributed by atoms with van der Waals surface area (Å²) in [7, 11) is 0. The molecule has 0 heterocycles. The third-order valence-electron chi connectivity index (χ3n) is 3.08. The van der Waals surface area contributed by atoms with Crippen LogP contribution in [0.1, 0.15) is 47.0 Å². The average molecular weight is 233 g/mol. The average Bonchev–Trinajstić information content (AvgIpc) is 2.18. The van der Waals surface area contributed by atoms with Gasteiger partial charge < -0.3 is 10.4 Å². The fraction of sp³-hybridized carbons (Fsp3) is 1.00. The monoisotopic (exact) mass is 233 g/mol. The fourth-order valence-electron chi connectivity index (χ4n) is 1.57. The van der Waals surface area contributed by atoms with Crippen molar-refractivity contribution in [2.24, 2.45) is 0 Å². The van der Waals surface area contributed by atoms with Crippen molar-refractivity contribution in [3.05, 3.63) is 0 Å². The van der Waals surface area contributed by atoms with Gasteiger partial charge in [-0.2, -0.15) is 11.8 Å². The van der Waals surface area contributed by atoms with Crippen LogP contribution in [0.4, 0.5) is 0 Å². The van der Waals surface area contributed by atoms with E-state index in [1.807, 2.05) is 25.6 Å². The van der Waals surface area contributed by atoms with Crippen LogP contribution in [-0.4, -0.2) is 34.8 Å². The second-order valence-corrected chi connectivity index (χ2v) is 6.11. The molecule has 0 aromatic rings. The summed E-state index contributed by atoms with van der Waals surface area (Å²) in [5.74, 6) is 0. The van der Waals surface area contributed by atoms with E-state index in [1.54, 1.807) is 0 Å². The van der Waals surface area contributed by atoms with Crippen LogP contribution >= 0.6 is 11.8 Å². The van der Waals surface area contributed by atoms with Crippen LogP contribution in [0.25, 0.3) is 0 Å². The highest BCUT2D eigenvalue weighted by Gasteiger charge is 2.24. The van der Waals surface area contributed by atoms with E-state index >= 15 is 0 Å². The summed E-state index contributed by atoms with van der Waals surface area (Å²) < 4.78 is 0.375. The van der Waals surface area contributed by atoms with Gasteiger partial charge >= 0.3 is 0 Å². The molecule has 0 bridgehead atoms. The third kappa shape index (κ3) is 6.44. The third-order valence-corrected chi connectivity index (χ3v) is 4.67. The standard InChI is InChI=1S/C12H27NOS/c1-6-12(7-2,15-5)10-13-9-8-11(3,4)14/h13-14H,6-10H2,1-5H3. The summed E-state index contributed by atoms with van der Waals surface area (Å²) in [5, 5.41) is 13.0. The Morgan fingerprint density at radius 2 is 1.73 bits per heavy atom. The van der Waals surface area contributed by atoms with Gasteiger partial charge in [-0.15, -0.1) is 0 Å². The van der Waals surface area contributed by atoms with Crippen molar-refractivity contribution in [1.29, 1.82) is 0 Å². The summed E-state index contributed by atoms with van der Waals surface area (Å²) in [5.41, 5.74) is -0.548. The van der Waals surface area contributed by atoms with E-state index in [-0.39, 0.29) is 0 Å². The van der Waals surface area contributed by atoms with Crippen LogP contribution in [0.3, 0.4) is 0 Å². The molecule has 2 N–H and O–H groups in total. The van der Waals surface area contributed by atoms with Crippen LogP contribution in [-0.2, 0) is 0 Å². The van der Waals surface area contributed by atoms with Gasteiger partial charge in [0.25, 0.3) is 0 Å². The highest BCUT2D eigenvalue weighted by atomic mass is 32.2. The lowest BCUT2D eigenvalue weighted by Crippen LogP contribution is -2.38. The van der Waals surface area contributed by atoms with Gasteiger partial charge in [-0.1, -0.05) is 13.8 Å². The smallest absolute Gasteiger partial charge is 0.0603 e. The minimum Gasteiger partial charge on any atom is -0.390 e. The first-order valence-electron chi connectivity index (χ1n) is 5.87. The Balaban J connectivity index is 3.82. The van der Waals surface area contributed by atoms with Crippen molar-refractivity contribution in [2.75, 3.05) is 19.3 Å². The van der Waals surface area contributed by atoms with Crippen LogP contribution < -0.4 is 5.32 Å². The first kappa shape index (κ1) is 15.3. The Morgan fingerprint density at radius 1 is 1.20 bits per heavy atom. The van der Waals surface area contributed by atoms with Gasteiger partial charge in [0.15, 0.2) is 0 Å². The van der Waals surface area contributed by atoms with Crippen molar-refractivity contribution < 1.29 is 5.11 Å². The minimum atomic E-state index is -0.548. The zero-order valence-corrected chi connectivity index (χ0v) is 11.7. The van der Waals surface area contributed by atoms with Gasteiger partial charge in [-0.05, 0) is 45.9 Å². The molecule has 0 saturated heterocycles. The van der Waals surface area contributed by atoms with Gasteiger partial charge in [0.05, 0.1) is 5.60 Å². The molecule has 3 heteroatoms. The Morgan fingerprint density at radius 3 is 2.07 bits per heavy atom. The number of hydrogen-bond acceptors (Lipinski definition) is 3. The summed E-state index contributed by atoms with van der Waals surface area (Å²) in [4.78, 5) is 0. The van der Waals surface area contributed by atoms with Crippen LogP contribution in [0, 0.1) is 0 Å². The lowest BCUT2D eigenvalue weighted by atomic mass is 10.0. The second kappa shape index (κ2) is 6.77. The number of rotatable bonds is 8. The molecule has 0 amide bonds. The maximum atomic E-state index is 9.57. The van der Waals surface area contributed by atoms with E-state index in [2.05, 4.69) is 25.4 Å². The van der Waals surface area contributed by atoms with Crippen molar-refractivity contribution in [3.8, 4) is 0 Å².